The average molecular weight is 518 g/mol. The van der Waals surface area contributed by atoms with Crippen molar-refractivity contribution in [3.05, 3.63) is 83.7 Å². The van der Waals surface area contributed by atoms with Gasteiger partial charge in [0.15, 0.2) is 10.1 Å². The van der Waals surface area contributed by atoms with Crippen LogP contribution in [0, 0.1) is 13.8 Å². The van der Waals surface area contributed by atoms with Gasteiger partial charge in [0, 0.05) is 16.0 Å². The molecule has 5 rings (SSSR count). The average Bonchev–Trinajstić information content (AvgIpc) is 3.32. The van der Waals surface area contributed by atoms with Gasteiger partial charge in [-0.1, -0.05) is 34.7 Å². The number of hydrogen-bond donors (Lipinski definition) is 0. The largest absolute Gasteiger partial charge is 0.449 e. The first-order valence-electron chi connectivity index (χ1n) is 9.06. The molecule has 0 aliphatic rings. The summed E-state index contributed by atoms with van der Waals surface area (Å²) >= 11 is 12.3. The lowest BCUT2D eigenvalue weighted by Crippen LogP contribution is -2.22. The summed E-state index contributed by atoms with van der Waals surface area (Å²) in [6.45, 7) is 4.09. The van der Waals surface area contributed by atoms with E-state index in [4.69, 9.17) is 16.0 Å². The Morgan fingerprint density at radius 3 is 2.67 bits per heavy atom. The molecule has 0 saturated carbocycles. The number of aryl methyl sites for hydroxylation is 2. The highest BCUT2D eigenvalue weighted by molar-refractivity contribution is 9.10. The second kappa shape index (κ2) is 7.57. The Balaban J connectivity index is 1.56. The number of rotatable bonds is 3. The molecule has 3 aromatic heterocycles. The highest BCUT2D eigenvalue weighted by Crippen LogP contribution is 2.36. The van der Waals surface area contributed by atoms with Gasteiger partial charge in [0.2, 0.25) is 0 Å². The standard InChI is InChI=1S/C22H14BrClN2O2S2/c1-11-7-17-18(8-12(11)2)26-20(27)19(30-22(26)25-17)10-14-9-16(23)21(28-14)29-15-5-3-13(24)4-6-15/h3-10H,1-2H3/b19-10-. The van der Waals surface area contributed by atoms with Crippen molar-refractivity contribution < 1.29 is 4.42 Å². The van der Waals surface area contributed by atoms with Gasteiger partial charge in [-0.3, -0.25) is 4.79 Å². The summed E-state index contributed by atoms with van der Waals surface area (Å²) in [6.07, 6.45) is 1.77. The second-order valence-electron chi connectivity index (χ2n) is 6.91. The molecule has 0 bridgehead atoms. The monoisotopic (exact) mass is 516 g/mol. The molecule has 2 aromatic carbocycles. The van der Waals surface area contributed by atoms with Crippen LogP contribution in [0.1, 0.15) is 16.9 Å². The number of nitrogens with zero attached hydrogens (tertiary/aromatic N) is 2. The maximum Gasteiger partial charge on any atom is 0.275 e. The first kappa shape index (κ1) is 19.9. The van der Waals surface area contributed by atoms with Crippen molar-refractivity contribution in [3.8, 4) is 0 Å². The maximum absolute atomic E-state index is 13.0. The number of furan rings is 1. The van der Waals surface area contributed by atoms with Gasteiger partial charge in [-0.25, -0.2) is 9.38 Å². The molecule has 150 valence electrons. The van der Waals surface area contributed by atoms with E-state index in [-0.39, 0.29) is 5.56 Å². The third-order valence-electron chi connectivity index (χ3n) is 4.83. The van der Waals surface area contributed by atoms with Gasteiger partial charge in [-0.15, -0.1) is 0 Å². The minimum atomic E-state index is -0.0832. The van der Waals surface area contributed by atoms with Crippen molar-refractivity contribution in [1.29, 1.82) is 0 Å². The predicted molar refractivity (Wildman–Crippen MR) is 127 cm³/mol. The van der Waals surface area contributed by atoms with Crippen LogP contribution >= 0.6 is 50.6 Å². The van der Waals surface area contributed by atoms with Crippen LogP contribution in [-0.4, -0.2) is 9.38 Å². The van der Waals surface area contributed by atoms with Gasteiger partial charge in [-0.2, -0.15) is 0 Å². The summed E-state index contributed by atoms with van der Waals surface area (Å²) in [5.41, 5.74) is 3.90. The van der Waals surface area contributed by atoms with Gasteiger partial charge in [0.05, 0.1) is 15.5 Å². The van der Waals surface area contributed by atoms with Crippen LogP contribution in [0.4, 0.5) is 0 Å². The molecule has 3 heterocycles. The molecule has 0 amide bonds. The molecule has 8 heteroatoms. The van der Waals surface area contributed by atoms with Crippen molar-refractivity contribution in [1.82, 2.24) is 9.38 Å². The topological polar surface area (TPSA) is 47.5 Å². The van der Waals surface area contributed by atoms with Gasteiger partial charge < -0.3 is 4.42 Å². The minimum Gasteiger partial charge on any atom is -0.449 e. The highest BCUT2D eigenvalue weighted by Gasteiger charge is 2.14. The molecule has 0 atom stereocenters. The molecule has 0 radical (unpaired) electrons. The van der Waals surface area contributed by atoms with E-state index in [9.17, 15) is 4.79 Å². The Morgan fingerprint density at radius 2 is 1.90 bits per heavy atom. The molecule has 0 saturated heterocycles. The fourth-order valence-corrected chi connectivity index (χ4v) is 5.59. The molecule has 5 aromatic rings. The number of imidazole rings is 1. The van der Waals surface area contributed by atoms with E-state index in [2.05, 4.69) is 20.9 Å². The molecular formula is C22H14BrClN2O2S2. The van der Waals surface area contributed by atoms with Crippen LogP contribution < -0.4 is 10.1 Å². The van der Waals surface area contributed by atoms with Crippen molar-refractivity contribution in [3.63, 3.8) is 0 Å². The SMILES string of the molecule is Cc1cc2nc3s/c(=C\c4cc(Br)c(Sc5ccc(Cl)cc5)o4)c(=O)n3c2cc1C. The maximum atomic E-state index is 13.0. The number of aromatic nitrogens is 2. The normalized spacial score (nSPS) is 12.5. The van der Waals surface area contributed by atoms with Crippen molar-refractivity contribution >= 4 is 72.7 Å². The van der Waals surface area contributed by atoms with Crippen LogP contribution in [-0.2, 0) is 0 Å². The quantitative estimate of drug-likeness (QED) is 0.284. The third kappa shape index (κ3) is 3.50. The lowest BCUT2D eigenvalue weighted by molar-refractivity contribution is 0.463. The Morgan fingerprint density at radius 1 is 1.17 bits per heavy atom. The summed E-state index contributed by atoms with van der Waals surface area (Å²) < 4.78 is 9.07. The predicted octanol–water partition coefficient (Wildman–Crippen LogP) is 6.23. The summed E-state index contributed by atoms with van der Waals surface area (Å²) in [6, 6.07) is 13.5. The third-order valence-corrected chi connectivity index (χ3v) is 7.90. The van der Waals surface area contributed by atoms with Crippen molar-refractivity contribution in [2.45, 2.75) is 23.8 Å². The zero-order valence-electron chi connectivity index (χ0n) is 15.9. The minimum absolute atomic E-state index is 0.0832. The summed E-state index contributed by atoms with van der Waals surface area (Å²) in [5, 5.41) is 1.41. The van der Waals surface area contributed by atoms with Gasteiger partial charge in [0.25, 0.3) is 5.56 Å². The van der Waals surface area contributed by atoms with Gasteiger partial charge in [0.1, 0.15) is 10.3 Å². The molecule has 0 N–H and O–H groups in total. The molecule has 0 aliphatic carbocycles. The first-order valence-corrected chi connectivity index (χ1v) is 11.9. The second-order valence-corrected chi connectivity index (χ2v) is 10.3. The summed E-state index contributed by atoms with van der Waals surface area (Å²) in [4.78, 5) is 19.4. The molecule has 0 spiro atoms. The molecule has 4 nitrogen and oxygen atoms in total. The van der Waals surface area contributed by atoms with Crippen LogP contribution in [0.2, 0.25) is 5.02 Å². The summed E-state index contributed by atoms with van der Waals surface area (Å²) in [7, 11) is 0. The smallest absolute Gasteiger partial charge is 0.275 e. The van der Waals surface area contributed by atoms with E-state index in [1.165, 1.54) is 28.7 Å². The molecule has 0 unspecified atom stereocenters. The molecular weight excluding hydrogens is 504 g/mol. The number of benzene rings is 2. The fourth-order valence-electron chi connectivity index (χ4n) is 3.17. The lowest BCUT2D eigenvalue weighted by atomic mass is 10.1. The Kier molecular flexibility index (Phi) is 5.01. The highest BCUT2D eigenvalue weighted by atomic mass is 79.9. The van der Waals surface area contributed by atoms with Crippen LogP contribution in [0.15, 0.2) is 66.1 Å². The van der Waals surface area contributed by atoms with E-state index >= 15 is 0 Å². The Bertz CT molecular complexity index is 1530. The van der Waals surface area contributed by atoms with Gasteiger partial charge >= 0.3 is 0 Å². The molecule has 0 aliphatic heterocycles. The Hall–Kier alpha value is -2.06. The lowest BCUT2D eigenvalue weighted by Gasteiger charge is -1.98. The molecule has 30 heavy (non-hydrogen) atoms. The zero-order valence-corrected chi connectivity index (χ0v) is 19.9. The van der Waals surface area contributed by atoms with Crippen LogP contribution in [0.25, 0.3) is 22.1 Å². The van der Waals surface area contributed by atoms with E-state index < -0.39 is 0 Å². The van der Waals surface area contributed by atoms with Crippen LogP contribution in [0.3, 0.4) is 0 Å². The van der Waals surface area contributed by atoms with Gasteiger partial charge in [-0.05, 0) is 83.4 Å². The first-order chi connectivity index (χ1) is 14.4. The Labute approximate surface area is 193 Å². The summed E-state index contributed by atoms with van der Waals surface area (Å²) in [5.74, 6) is 0.608. The number of hydrogen-bond acceptors (Lipinski definition) is 5. The van der Waals surface area contributed by atoms with E-state index in [1.807, 2.05) is 56.3 Å². The van der Waals surface area contributed by atoms with E-state index in [0.29, 0.717) is 25.4 Å². The fraction of sp³-hybridized carbons (Fsp3) is 0.0909. The number of fused-ring (bicyclic) bond motifs is 3. The van der Waals surface area contributed by atoms with E-state index in [0.717, 1.165) is 26.0 Å². The van der Waals surface area contributed by atoms with Crippen molar-refractivity contribution in [2.24, 2.45) is 0 Å². The number of thiazole rings is 1. The number of halogens is 2. The molecule has 0 fully saturated rings. The van der Waals surface area contributed by atoms with E-state index in [1.54, 1.807) is 10.5 Å². The van der Waals surface area contributed by atoms with Crippen molar-refractivity contribution in [2.75, 3.05) is 0 Å². The zero-order chi connectivity index (χ0) is 21.0. The van der Waals surface area contributed by atoms with Crippen LogP contribution in [0.5, 0.6) is 0 Å².